The van der Waals surface area contributed by atoms with Crippen molar-refractivity contribution in [2.75, 3.05) is 13.1 Å². The van der Waals surface area contributed by atoms with E-state index >= 15 is 0 Å². The Morgan fingerprint density at radius 2 is 2.25 bits per heavy atom. The molecule has 1 unspecified atom stereocenters. The molecule has 5 heteroatoms. The Balaban J connectivity index is 1.62. The lowest BCUT2D eigenvalue weighted by Gasteiger charge is -2.16. The minimum Gasteiger partial charge on any atom is -0.348 e. The molecule has 108 valence electrons. The van der Waals surface area contributed by atoms with Gasteiger partial charge in [-0.1, -0.05) is 18.5 Å². The van der Waals surface area contributed by atoms with E-state index in [9.17, 15) is 4.79 Å². The average Bonchev–Trinajstić information content (AvgIpc) is 3.19. The Bertz CT molecular complexity index is 516. The summed E-state index contributed by atoms with van der Waals surface area (Å²) in [6.45, 7) is 4.09. The molecule has 2 heterocycles. The van der Waals surface area contributed by atoms with E-state index in [1.54, 1.807) is 6.07 Å². The number of hydrogen-bond donors (Lipinski definition) is 1. The maximum atomic E-state index is 12.3. The number of carbonyl (C=O) groups is 1. The van der Waals surface area contributed by atoms with Crippen molar-refractivity contribution < 1.29 is 4.79 Å². The van der Waals surface area contributed by atoms with Crippen LogP contribution in [0.4, 0.5) is 0 Å². The van der Waals surface area contributed by atoms with Crippen molar-refractivity contribution in [3.8, 4) is 0 Å². The van der Waals surface area contributed by atoms with Gasteiger partial charge in [0, 0.05) is 36.4 Å². The number of aryl methyl sites for hydroxylation is 1. The van der Waals surface area contributed by atoms with Crippen LogP contribution in [-0.2, 0) is 6.42 Å². The van der Waals surface area contributed by atoms with Crippen LogP contribution in [0.2, 0.25) is 5.15 Å². The number of carbonyl (C=O) groups excluding carboxylic acids is 1. The van der Waals surface area contributed by atoms with Crippen LogP contribution in [0, 0.1) is 0 Å². The second-order valence-electron chi connectivity index (χ2n) is 5.71. The minimum absolute atomic E-state index is 0.0355. The maximum Gasteiger partial charge on any atom is 0.251 e. The topological polar surface area (TPSA) is 45.2 Å². The summed E-state index contributed by atoms with van der Waals surface area (Å²) in [6, 6.07) is 4.51. The summed E-state index contributed by atoms with van der Waals surface area (Å²) in [4.78, 5) is 19.0. The van der Waals surface area contributed by atoms with E-state index in [0.717, 1.165) is 37.7 Å². The summed E-state index contributed by atoms with van der Waals surface area (Å²) >= 11 is 5.96. The van der Waals surface area contributed by atoms with Crippen molar-refractivity contribution >= 4 is 17.5 Å². The summed E-state index contributed by atoms with van der Waals surface area (Å²) in [5, 5.41) is 3.51. The molecule has 0 bridgehead atoms. The third-order valence-corrected chi connectivity index (χ3v) is 4.28. The SMILES string of the molecule is CCc1cc(C(=O)NC2CCN(C3CC3)C2)cc(Cl)n1. The molecule has 4 nitrogen and oxygen atoms in total. The van der Waals surface area contributed by atoms with E-state index in [1.165, 1.54) is 12.8 Å². The third-order valence-electron chi connectivity index (χ3n) is 4.09. The van der Waals surface area contributed by atoms with Gasteiger partial charge in [-0.25, -0.2) is 4.98 Å². The predicted molar refractivity (Wildman–Crippen MR) is 79.1 cm³/mol. The molecule has 1 aromatic rings. The molecule has 1 aromatic heterocycles. The number of nitrogens with zero attached hydrogens (tertiary/aromatic N) is 2. The molecule has 2 fully saturated rings. The number of nitrogens with one attached hydrogen (secondary N) is 1. The van der Waals surface area contributed by atoms with E-state index in [2.05, 4.69) is 15.2 Å². The van der Waals surface area contributed by atoms with Gasteiger partial charge in [0.1, 0.15) is 5.15 Å². The Kier molecular flexibility index (Phi) is 3.94. The molecule has 3 rings (SSSR count). The van der Waals surface area contributed by atoms with Gasteiger partial charge in [-0.2, -0.15) is 0 Å². The van der Waals surface area contributed by atoms with Crippen molar-refractivity contribution in [2.45, 2.75) is 44.7 Å². The first kappa shape index (κ1) is 13.8. The van der Waals surface area contributed by atoms with Crippen LogP contribution in [0.5, 0.6) is 0 Å². The quantitative estimate of drug-likeness (QED) is 0.866. The Morgan fingerprint density at radius 3 is 2.95 bits per heavy atom. The molecule has 2 aliphatic rings. The first-order valence-corrected chi connectivity index (χ1v) is 7.75. The van der Waals surface area contributed by atoms with Gasteiger partial charge in [-0.15, -0.1) is 0 Å². The predicted octanol–water partition coefficient (Wildman–Crippen LogP) is 2.26. The zero-order chi connectivity index (χ0) is 14.1. The zero-order valence-electron chi connectivity index (χ0n) is 11.7. The molecule has 20 heavy (non-hydrogen) atoms. The molecule has 1 N–H and O–H groups in total. The molecular weight excluding hydrogens is 274 g/mol. The highest BCUT2D eigenvalue weighted by atomic mass is 35.5. The first-order chi connectivity index (χ1) is 9.65. The fourth-order valence-electron chi connectivity index (χ4n) is 2.81. The zero-order valence-corrected chi connectivity index (χ0v) is 12.5. The first-order valence-electron chi connectivity index (χ1n) is 7.37. The minimum atomic E-state index is -0.0355. The van der Waals surface area contributed by atoms with E-state index in [1.807, 2.05) is 13.0 Å². The molecule has 0 radical (unpaired) electrons. The van der Waals surface area contributed by atoms with Gasteiger partial charge in [0.15, 0.2) is 0 Å². The van der Waals surface area contributed by atoms with Gasteiger partial charge >= 0.3 is 0 Å². The van der Waals surface area contributed by atoms with E-state index in [0.29, 0.717) is 10.7 Å². The molecular formula is C15H20ClN3O. The van der Waals surface area contributed by atoms with Crippen molar-refractivity contribution in [3.63, 3.8) is 0 Å². The molecule has 1 saturated carbocycles. The highest BCUT2D eigenvalue weighted by Gasteiger charge is 2.34. The van der Waals surface area contributed by atoms with Gasteiger partial charge in [0.05, 0.1) is 0 Å². The van der Waals surface area contributed by atoms with E-state index < -0.39 is 0 Å². The summed E-state index contributed by atoms with van der Waals surface area (Å²) in [7, 11) is 0. The number of amides is 1. The highest BCUT2D eigenvalue weighted by Crippen LogP contribution is 2.29. The third kappa shape index (κ3) is 3.13. The normalized spacial score (nSPS) is 23.0. The lowest BCUT2D eigenvalue weighted by molar-refractivity contribution is 0.0937. The maximum absolute atomic E-state index is 12.3. The second kappa shape index (κ2) is 5.70. The van der Waals surface area contributed by atoms with Crippen LogP contribution in [0.3, 0.4) is 0 Å². The number of pyridine rings is 1. The second-order valence-corrected chi connectivity index (χ2v) is 6.10. The van der Waals surface area contributed by atoms with Gasteiger partial charge < -0.3 is 5.32 Å². The lowest BCUT2D eigenvalue weighted by Crippen LogP contribution is -2.37. The summed E-state index contributed by atoms with van der Waals surface area (Å²) in [6.07, 6.45) is 4.46. The van der Waals surface area contributed by atoms with Crippen molar-refractivity contribution in [1.29, 1.82) is 0 Å². The van der Waals surface area contributed by atoms with Crippen LogP contribution in [0.1, 0.15) is 42.2 Å². The highest BCUT2D eigenvalue weighted by molar-refractivity contribution is 6.29. The largest absolute Gasteiger partial charge is 0.348 e. The molecule has 1 aliphatic carbocycles. The van der Waals surface area contributed by atoms with Gasteiger partial charge in [-0.3, -0.25) is 9.69 Å². The molecule has 1 saturated heterocycles. The number of rotatable bonds is 4. The van der Waals surface area contributed by atoms with E-state index in [4.69, 9.17) is 11.6 Å². The smallest absolute Gasteiger partial charge is 0.251 e. The molecule has 0 aromatic carbocycles. The molecule has 1 aliphatic heterocycles. The standard InChI is InChI=1S/C15H20ClN3O/c1-2-11-7-10(8-14(16)17-11)15(20)18-12-5-6-19(9-12)13-3-4-13/h7-8,12-13H,2-6,9H2,1H3,(H,18,20). The summed E-state index contributed by atoms with van der Waals surface area (Å²) in [5.74, 6) is -0.0355. The molecule has 1 amide bonds. The van der Waals surface area contributed by atoms with Crippen LogP contribution in [0.15, 0.2) is 12.1 Å². The summed E-state index contributed by atoms with van der Waals surface area (Å²) in [5.41, 5.74) is 1.47. The molecule has 1 atom stereocenters. The number of hydrogen-bond acceptors (Lipinski definition) is 3. The van der Waals surface area contributed by atoms with Gasteiger partial charge in [0.25, 0.3) is 5.91 Å². The van der Waals surface area contributed by atoms with Crippen molar-refractivity contribution in [2.24, 2.45) is 0 Å². The number of halogens is 1. The lowest BCUT2D eigenvalue weighted by atomic mass is 10.1. The Morgan fingerprint density at radius 1 is 1.45 bits per heavy atom. The number of aromatic nitrogens is 1. The fourth-order valence-corrected chi connectivity index (χ4v) is 3.03. The van der Waals surface area contributed by atoms with E-state index in [-0.39, 0.29) is 11.9 Å². The van der Waals surface area contributed by atoms with Crippen LogP contribution >= 0.6 is 11.6 Å². The van der Waals surface area contributed by atoms with Gasteiger partial charge in [-0.05, 0) is 37.8 Å². The van der Waals surface area contributed by atoms with Crippen molar-refractivity contribution in [3.05, 3.63) is 28.5 Å². The Hall–Kier alpha value is -1.13. The Labute approximate surface area is 124 Å². The van der Waals surface area contributed by atoms with Crippen LogP contribution < -0.4 is 5.32 Å². The monoisotopic (exact) mass is 293 g/mol. The average molecular weight is 294 g/mol. The van der Waals surface area contributed by atoms with Gasteiger partial charge in [0.2, 0.25) is 0 Å². The van der Waals surface area contributed by atoms with Crippen molar-refractivity contribution in [1.82, 2.24) is 15.2 Å². The van der Waals surface area contributed by atoms with Crippen LogP contribution in [-0.4, -0.2) is 41.0 Å². The number of likely N-dealkylation sites (tertiary alicyclic amines) is 1. The fraction of sp³-hybridized carbons (Fsp3) is 0.600. The summed E-state index contributed by atoms with van der Waals surface area (Å²) < 4.78 is 0. The van der Waals surface area contributed by atoms with Crippen LogP contribution in [0.25, 0.3) is 0 Å². The molecule has 0 spiro atoms.